The lowest BCUT2D eigenvalue weighted by molar-refractivity contribution is -0.0510. The van der Waals surface area contributed by atoms with Crippen molar-refractivity contribution >= 4 is 0 Å². The van der Waals surface area contributed by atoms with Crippen LogP contribution in [0.2, 0.25) is 0 Å². The summed E-state index contributed by atoms with van der Waals surface area (Å²) in [4.78, 5) is 0. The van der Waals surface area contributed by atoms with Gasteiger partial charge in [-0.3, -0.25) is 0 Å². The van der Waals surface area contributed by atoms with Gasteiger partial charge >= 0.3 is 0 Å². The van der Waals surface area contributed by atoms with Crippen molar-refractivity contribution < 1.29 is 9.84 Å². The molecule has 0 amide bonds. The van der Waals surface area contributed by atoms with Gasteiger partial charge < -0.3 is 15.2 Å². The summed E-state index contributed by atoms with van der Waals surface area (Å²) in [6, 6.07) is 0.465. The zero-order valence-corrected chi connectivity index (χ0v) is 11.0. The molecule has 0 bridgehead atoms. The quantitative estimate of drug-likeness (QED) is 0.733. The molecule has 3 atom stereocenters. The van der Waals surface area contributed by atoms with E-state index in [2.05, 4.69) is 26.1 Å². The SMILES string of the molecule is CCCC1CC(CO)(NC(C)CC)CCO1. The number of rotatable bonds is 6. The molecule has 0 spiro atoms. The van der Waals surface area contributed by atoms with Crippen LogP contribution in [0.4, 0.5) is 0 Å². The first kappa shape index (κ1) is 13.9. The first-order chi connectivity index (χ1) is 7.65. The summed E-state index contributed by atoms with van der Waals surface area (Å²) in [5, 5.41) is 13.2. The third kappa shape index (κ3) is 3.72. The van der Waals surface area contributed by atoms with Gasteiger partial charge in [-0.1, -0.05) is 20.3 Å². The van der Waals surface area contributed by atoms with E-state index in [0.717, 1.165) is 38.7 Å². The Kier molecular flexibility index (Phi) is 5.73. The summed E-state index contributed by atoms with van der Waals surface area (Å²) in [5.74, 6) is 0. The fourth-order valence-electron chi connectivity index (χ4n) is 2.47. The van der Waals surface area contributed by atoms with E-state index in [-0.39, 0.29) is 12.1 Å². The van der Waals surface area contributed by atoms with Crippen molar-refractivity contribution in [2.24, 2.45) is 0 Å². The van der Waals surface area contributed by atoms with Crippen LogP contribution in [0.25, 0.3) is 0 Å². The Balaban J connectivity index is 2.56. The van der Waals surface area contributed by atoms with E-state index in [1.165, 1.54) is 0 Å². The summed E-state index contributed by atoms with van der Waals surface area (Å²) in [6.07, 6.45) is 5.54. The summed E-state index contributed by atoms with van der Waals surface area (Å²) in [6.45, 7) is 7.53. The summed E-state index contributed by atoms with van der Waals surface area (Å²) >= 11 is 0. The summed E-state index contributed by atoms with van der Waals surface area (Å²) in [5.41, 5.74) is -0.104. The molecular formula is C13H27NO2. The van der Waals surface area contributed by atoms with Crippen molar-refractivity contribution in [2.45, 2.75) is 70.6 Å². The van der Waals surface area contributed by atoms with E-state index < -0.39 is 0 Å². The van der Waals surface area contributed by atoms with Gasteiger partial charge in [0.15, 0.2) is 0 Å². The fourth-order valence-corrected chi connectivity index (χ4v) is 2.47. The van der Waals surface area contributed by atoms with E-state index in [0.29, 0.717) is 12.1 Å². The lowest BCUT2D eigenvalue weighted by Gasteiger charge is -2.42. The Morgan fingerprint density at radius 1 is 1.50 bits per heavy atom. The van der Waals surface area contributed by atoms with Crippen LogP contribution in [0.1, 0.15) is 52.9 Å². The van der Waals surface area contributed by atoms with Crippen molar-refractivity contribution in [3.05, 3.63) is 0 Å². The minimum Gasteiger partial charge on any atom is -0.394 e. The highest BCUT2D eigenvalue weighted by molar-refractivity contribution is 4.94. The fraction of sp³-hybridized carbons (Fsp3) is 1.00. The van der Waals surface area contributed by atoms with Crippen molar-refractivity contribution in [3.8, 4) is 0 Å². The molecule has 1 aliphatic heterocycles. The van der Waals surface area contributed by atoms with E-state index >= 15 is 0 Å². The normalized spacial score (nSPS) is 32.6. The standard InChI is InChI=1S/C13H27NO2/c1-4-6-12-9-13(10-15,7-8-16-12)14-11(3)5-2/h11-12,14-15H,4-10H2,1-3H3. The molecule has 3 heteroatoms. The van der Waals surface area contributed by atoms with Crippen molar-refractivity contribution in [3.63, 3.8) is 0 Å². The highest BCUT2D eigenvalue weighted by Crippen LogP contribution is 2.27. The second-order valence-corrected chi connectivity index (χ2v) is 5.13. The monoisotopic (exact) mass is 229 g/mol. The van der Waals surface area contributed by atoms with Crippen LogP contribution < -0.4 is 5.32 Å². The van der Waals surface area contributed by atoms with Gasteiger partial charge in [-0.15, -0.1) is 0 Å². The Bertz CT molecular complexity index is 196. The summed E-state index contributed by atoms with van der Waals surface area (Å²) in [7, 11) is 0. The first-order valence-electron chi connectivity index (χ1n) is 6.66. The molecule has 0 saturated carbocycles. The molecule has 16 heavy (non-hydrogen) atoms. The van der Waals surface area contributed by atoms with Crippen molar-refractivity contribution in [1.82, 2.24) is 5.32 Å². The second kappa shape index (κ2) is 6.58. The van der Waals surface area contributed by atoms with E-state index in [1.807, 2.05) is 0 Å². The van der Waals surface area contributed by atoms with Crippen LogP contribution in [-0.2, 0) is 4.74 Å². The molecule has 3 unspecified atom stereocenters. The molecule has 1 aliphatic rings. The number of hydrogen-bond acceptors (Lipinski definition) is 3. The number of aliphatic hydroxyl groups excluding tert-OH is 1. The van der Waals surface area contributed by atoms with Gasteiger partial charge in [0.1, 0.15) is 0 Å². The lowest BCUT2D eigenvalue weighted by Crippen LogP contribution is -2.57. The Hall–Kier alpha value is -0.120. The minimum atomic E-state index is -0.104. The zero-order chi connectivity index (χ0) is 12.0. The molecule has 0 aromatic carbocycles. The molecule has 0 aromatic rings. The average Bonchev–Trinajstić information content (AvgIpc) is 2.30. The second-order valence-electron chi connectivity index (χ2n) is 5.13. The van der Waals surface area contributed by atoms with E-state index in [1.54, 1.807) is 0 Å². The Morgan fingerprint density at radius 3 is 2.81 bits per heavy atom. The zero-order valence-electron chi connectivity index (χ0n) is 11.0. The van der Waals surface area contributed by atoms with Gasteiger partial charge in [-0.25, -0.2) is 0 Å². The molecule has 1 fully saturated rings. The van der Waals surface area contributed by atoms with Crippen molar-refractivity contribution in [2.75, 3.05) is 13.2 Å². The molecule has 3 nitrogen and oxygen atoms in total. The largest absolute Gasteiger partial charge is 0.394 e. The lowest BCUT2D eigenvalue weighted by atomic mass is 9.85. The van der Waals surface area contributed by atoms with Crippen molar-refractivity contribution in [1.29, 1.82) is 0 Å². The Morgan fingerprint density at radius 2 is 2.25 bits per heavy atom. The highest BCUT2D eigenvalue weighted by Gasteiger charge is 2.36. The van der Waals surface area contributed by atoms with Crippen LogP contribution in [0.15, 0.2) is 0 Å². The van der Waals surface area contributed by atoms with Crippen LogP contribution in [0.3, 0.4) is 0 Å². The van der Waals surface area contributed by atoms with Gasteiger partial charge in [0.2, 0.25) is 0 Å². The molecule has 1 rings (SSSR count). The Labute approximate surface area is 99.6 Å². The number of hydrogen-bond donors (Lipinski definition) is 2. The minimum absolute atomic E-state index is 0.104. The predicted octanol–water partition coefficient (Wildman–Crippen LogP) is 2.08. The molecular weight excluding hydrogens is 202 g/mol. The number of nitrogens with one attached hydrogen (secondary N) is 1. The van der Waals surface area contributed by atoms with Crippen LogP contribution in [-0.4, -0.2) is 36.0 Å². The maximum atomic E-state index is 9.65. The maximum absolute atomic E-state index is 9.65. The van der Waals surface area contributed by atoms with E-state index in [4.69, 9.17) is 4.74 Å². The van der Waals surface area contributed by atoms with Gasteiger partial charge in [-0.05, 0) is 32.6 Å². The smallest absolute Gasteiger partial charge is 0.0615 e. The topological polar surface area (TPSA) is 41.5 Å². The van der Waals surface area contributed by atoms with Gasteiger partial charge in [0.05, 0.1) is 12.7 Å². The van der Waals surface area contributed by atoms with Gasteiger partial charge in [0, 0.05) is 18.2 Å². The third-order valence-corrected chi connectivity index (χ3v) is 3.63. The van der Waals surface area contributed by atoms with E-state index in [9.17, 15) is 5.11 Å². The average molecular weight is 229 g/mol. The summed E-state index contributed by atoms with van der Waals surface area (Å²) < 4.78 is 5.74. The van der Waals surface area contributed by atoms with Crippen LogP contribution in [0, 0.1) is 0 Å². The number of ether oxygens (including phenoxy) is 1. The van der Waals surface area contributed by atoms with Gasteiger partial charge in [-0.2, -0.15) is 0 Å². The first-order valence-corrected chi connectivity index (χ1v) is 6.66. The van der Waals surface area contributed by atoms with Crippen LogP contribution in [0.5, 0.6) is 0 Å². The number of aliphatic hydroxyl groups is 1. The maximum Gasteiger partial charge on any atom is 0.0615 e. The predicted molar refractivity (Wildman–Crippen MR) is 66.6 cm³/mol. The molecule has 96 valence electrons. The molecule has 2 N–H and O–H groups in total. The van der Waals surface area contributed by atoms with Crippen LogP contribution >= 0.6 is 0 Å². The third-order valence-electron chi connectivity index (χ3n) is 3.63. The molecule has 0 radical (unpaired) electrons. The molecule has 1 saturated heterocycles. The van der Waals surface area contributed by atoms with Gasteiger partial charge in [0.25, 0.3) is 0 Å². The highest BCUT2D eigenvalue weighted by atomic mass is 16.5. The molecule has 1 heterocycles. The molecule has 0 aromatic heterocycles. The molecule has 0 aliphatic carbocycles.